The van der Waals surface area contributed by atoms with Crippen molar-refractivity contribution >= 4 is 28.9 Å². The number of benzene rings is 1. The van der Waals surface area contributed by atoms with Crippen molar-refractivity contribution in [1.29, 1.82) is 0 Å². The van der Waals surface area contributed by atoms with Gasteiger partial charge in [0.15, 0.2) is 0 Å². The summed E-state index contributed by atoms with van der Waals surface area (Å²) in [5.41, 5.74) is 12.6. The van der Waals surface area contributed by atoms with E-state index >= 15 is 0 Å². The van der Waals surface area contributed by atoms with Crippen molar-refractivity contribution in [2.45, 2.75) is 51.5 Å². The number of carbonyl (C=O) groups is 1. The van der Waals surface area contributed by atoms with Crippen molar-refractivity contribution in [2.24, 2.45) is 11.7 Å². The van der Waals surface area contributed by atoms with Crippen LogP contribution in [0.3, 0.4) is 0 Å². The van der Waals surface area contributed by atoms with Crippen molar-refractivity contribution in [2.75, 3.05) is 11.1 Å². The summed E-state index contributed by atoms with van der Waals surface area (Å²) in [5, 5.41) is 3.86. The van der Waals surface area contributed by atoms with Crippen molar-refractivity contribution < 1.29 is 4.79 Å². The maximum absolute atomic E-state index is 11.6. The zero-order valence-corrected chi connectivity index (χ0v) is 13.2. The maximum atomic E-state index is 11.6. The van der Waals surface area contributed by atoms with Gasteiger partial charge in [0.25, 0.3) is 5.91 Å². The molecule has 1 aliphatic rings. The van der Waals surface area contributed by atoms with Crippen molar-refractivity contribution in [3.8, 4) is 0 Å². The minimum absolute atomic E-state index is 0.345. The summed E-state index contributed by atoms with van der Waals surface area (Å²) in [6.45, 7) is 2.23. The van der Waals surface area contributed by atoms with Crippen LogP contribution in [-0.4, -0.2) is 11.9 Å². The summed E-state index contributed by atoms with van der Waals surface area (Å²) in [5.74, 6) is 0.330. The first-order chi connectivity index (χ1) is 10.0. The molecule has 1 amide bonds. The molecule has 4 nitrogen and oxygen atoms in total. The van der Waals surface area contributed by atoms with Crippen LogP contribution >= 0.6 is 11.6 Å². The molecule has 1 aromatic rings. The normalized spacial score (nSPS) is 22.0. The van der Waals surface area contributed by atoms with Gasteiger partial charge in [-0.2, -0.15) is 0 Å². The van der Waals surface area contributed by atoms with Crippen LogP contribution in [0, 0.1) is 5.92 Å². The number of hydrogen-bond donors (Lipinski definition) is 3. The highest BCUT2D eigenvalue weighted by molar-refractivity contribution is 6.34. The second-order valence-corrected chi connectivity index (χ2v) is 6.35. The van der Waals surface area contributed by atoms with Crippen LogP contribution in [0.15, 0.2) is 12.1 Å². The standard InChI is InChI=1S/C16H24ClN3O/c1-2-3-10-4-6-12(7-5-10)20-15-13(16(19)21)8-11(18)9-14(15)17/h8-10,12,20H,2-7,18H2,1H3,(H2,19,21). The Morgan fingerprint density at radius 1 is 1.33 bits per heavy atom. The molecular weight excluding hydrogens is 286 g/mol. The number of carbonyl (C=O) groups excluding carboxylic acids is 1. The number of anilines is 2. The molecule has 0 unspecified atom stereocenters. The van der Waals surface area contributed by atoms with Gasteiger partial charge in [-0.25, -0.2) is 0 Å². The van der Waals surface area contributed by atoms with Crippen molar-refractivity contribution in [1.82, 2.24) is 0 Å². The molecule has 21 heavy (non-hydrogen) atoms. The van der Waals surface area contributed by atoms with Gasteiger partial charge in [0.1, 0.15) is 0 Å². The zero-order chi connectivity index (χ0) is 15.4. The number of rotatable bonds is 5. The predicted octanol–water partition coefficient (Wildman–Crippen LogP) is 3.79. The molecule has 2 rings (SSSR count). The highest BCUT2D eigenvalue weighted by atomic mass is 35.5. The van der Waals surface area contributed by atoms with E-state index in [0.717, 1.165) is 18.8 Å². The van der Waals surface area contributed by atoms with Crippen LogP contribution in [0.25, 0.3) is 0 Å². The fourth-order valence-corrected chi connectivity index (χ4v) is 3.46. The van der Waals surface area contributed by atoms with Crippen LogP contribution in [-0.2, 0) is 0 Å². The topological polar surface area (TPSA) is 81.1 Å². The molecule has 0 radical (unpaired) electrons. The van der Waals surface area contributed by atoms with Gasteiger partial charge in [-0.3, -0.25) is 4.79 Å². The molecule has 0 saturated heterocycles. The molecule has 0 aliphatic heterocycles. The number of hydrogen-bond acceptors (Lipinski definition) is 3. The van der Waals surface area contributed by atoms with Crippen molar-refractivity contribution in [3.63, 3.8) is 0 Å². The highest BCUT2D eigenvalue weighted by Crippen LogP contribution is 2.34. The van der Waals surface area contributed by atoms with Gasteiger partial charge >= 0.3 is 0 Å². The lowest BCUT2D eigenvalue weighted by atomic mass is 9.83. The van der Waals surface area contributed by atoms with E-state index < -0.39 is 5.91 Å². The Hall–Kier alpha value is -1.42. The van der Waals surface area contributed by atoms with Gasteiger partial charge in [-0.1, -0.05) is 31.4 Å². The van der Waals surface area contributed by atoms with E-state index in [1.165, 1.54) is 25.7 Å². The molecular formula is C16H24ClN3O. The largest absolute Gasteiger partial charge is 0.399 e. The summed E-state index contributed by atoms with van der Waals surface area (Å²) < 4.78 is 0. The van der Waals surface area contributed by atoms with Crippen LogP contribution < -0.4 is 16.8 Å². The minimum atomic E-state index is -0.508. The summed E-state index contributed by atoms with van der Waals surface area (Å²) in [6.07, 6.45) is 7.21. The van der Waals surface area contributed by atoms with Gasteiger partial charge in [-0.15, -0.1) is 0 Å². The Morgan fingerprint density at radius 3 is 2.57 bits per heavy atom. The quantitative estimate of drug-likeness (QED) is 0.724. The molecule has 0 heterocycles. The first-order valence-corrected chi connectivity index (χ1v) is 8.04. The average Bonchev–Trinajstić information content (AvgIpc) is 2.43. The van der Waals surface area contributed by atoms with Crippen LogP contribution in [0.2, 0.25) is 5.02 Å². The van der Waals surface area contributed by atoms with Gasteiger partial charge in [0.2, 0.25) is 0 Å². The third-order valence-electron chi connectivity index (χ3n) is 4.27. The van der Waals surface area contributed by atoms with Crippen LogP contribution in [0.1, 0.15) is 55.8 Å². The summed E-state index contributed by atoms with van der Waals surface area (Å²) in [6, 6.07) is 3.58. The first kappa shape index (κ1) is 16.0. The Morgan fingerprint density at radius 2 is 2.00 bits per heavy atom. The first-order valence-electron chi connectivity index (χ1n) is 7.66. The SMILES string of the molecule is CCCC1CCC(Nc2c(Cl)cc(N)cc2C(N)=O)CC1. The lowest BCUT2D eigenvalue weighted by molar-refractivity contribution is 0.100. The van der Waals surface area contributed by atoms with Gasteiger partial charge < -0.3 is 16.8 Å². The molecule has 1 aliphatic carbocycles. The smallest absolute Gasteiger partial charge is 0.250 e. The summed E-state index contributed by atoms with van der Waals surface area (Å²) in [4.78, 5) is 11.6. The fraction of sp³-hybridized carbons (Fsp3) is 0.562. The fourth-order valence-electron chi connectivity index (χ4n) is 3.18. The van der Waals surface area contributed by atoms with E-state index in [1.807, 2.05) is 0 Å². The number of amides is 1. The molecule has 0 bridgehead atoms. The van der Waals surface area contributed by atoms with Gasteiger partial charge in [0, 0.05) is 11.7 Å². The Balaban J connectivity index is 2.08. The number of nitrogens with two attached hydrogens (primary N) is 2. The van der Waals surface area contributed by atoms with Gasteiger partial charge in [-0.05, 0) is 43.7 Å². The Bertz CT molecular complexity index is 510. The van der Waals surface area contributed by atoms with Gasteiger partial charge in [0.05, 0.1) is 16.3 Å². The van der Waals surface area contributed by atoms with E-state index in [2.05, 4.69) is 12.2 Å². The third kappa shape index (κ3) is 4.03. The van der Waals surface area contributed by atoms with E-state index in [9.17, 15) is 4.79 Å². The summed E-state index contributed by atoms with van der Waals surface area (Å²) >= 11 is 6.23. The molecule has 1 saturated carbocycles. The number of halogens is 1. The molecule has 1 fully saturated rings. The van der Waals surface area contributed by atoms with Crippen LogP contribution in [0.5, 0.6) is 0 Å². The number of nitrogen functional groups attached to an aromatic ring is 1. The lowest BCUT2D eigenvalue weighted by Gasteiger charge is -2.30. The lowest BCUT2D eigenvalue weighted by Crippen LogP contribution is -2.27. The molecule has 1 aromatic carbocycles. The second kappa shape index (κ2) is 7.03. The molecule has 0 atom stereocenters. The number of nitrogens with one attached hydrogen (secondary N) is 1. The second-order valence-electron chi connectivity index (χ2n) is 5.94. The minimum Gasteiger partial charge on any atom is -0.399 e. The van der Waals surface area contributed by atoms with E-state index in [-0.39, 0.29) is 0 Å². The summed E-state index contributed by atoms with van der Waals surface area (Å²) in [7, 11) is 0. The van der Waals surface area contributed by atoms with Crippen molar-refractivity contribution in [3.05, 3.63) is 22.7 Å². The Kier molecular flexibility index (Phi) is 5.34. The molecule has 0 aromatic heterocycles. The monoisotopic (exact) mass is 309 g/mol. The van der Waals surface area contributed by atoms with Crippen LogP contribution in [0.4, 0.5) is 11.4 Å². The highest BCUT2D eigenvalue weighted by Gasteiger charge is 2.23. The zero-order valence-electron chi connectivity index (χ0n) is 12.5. The molecule has 5 N–H and O–H groups in total. The maximum Gasteiger partial charge on any atom is 0.250 e. The molecule has 0 spiro atoms. The molecule has 116 valence electrons. The molecule has 5 heteroatoms. The van der Waals surface area contributed by atoms with E-state index in [4.69, 9.17) is 23.1 Å². The Labute approximate surface area is 131 Å². The predicted molar refractivity (Wildman–Crippen MR) is 88.7 cm³/mol. The average molecular weight is 310 g/mol. The number of primary amides is 1. The van der Waals surface area contributed by atoms with E-state index in [1.54, 1.807) is 12.1 Å². The third-order valence-corrected chi connectivity index (χ3v) is 4.57. The van der Waals surface area contributed by atoms with E-state index in [0.29, 0.717) is 28.0 Å².